The monoisotopic (exact) mass is 205 g/mol. The fourth-order valence-corrected chi connectivity index (χ4v) is 1.93. The molecule has 0 amide bonds. The summed E-state index contributed by atoms with van der Waals surface area (Å²) < 4.78 is 7.43. The van der Waals surface area contributed by atoms with Gasteiger partial charge in [-0.3, -0.25) is 0 Å². The van der Waals surface area contributed by atoms with Gasteiger partial charge in [0.05, 0.1) is 18.3 Å². The molecule has 0 aliphatic heterocycles. The number of hydrogen-bond acceptors (Lipinski definition) is 3. The highest BCUT2D eigenvalue weighted by Crippen LogP contribution is 2.32. The number of nitrogen functional groups attached to an aromatic ring is 1. The van der Waals surface area contributed by atoms with E-state index in [2.05, 4.69) is 16.5 Å². The third kappa shape index (κ3) is 1.33. The Morgan fingerprint density at radius 3 is 2.80 bits per heavy atom. The van der Waals surface area contributed by atoms with Crippen molar-refractivity contribution in [1.82, 2.24) is 9.55 Å². The first-order valence-electron chi connectivity index (χ1n) is 4.98. The molecular formula is C11H15N3O. The number of fused-ring (bicyclic) bond motifs is 1. The Morgan fingerprint density at radius 1 is 1.47 bits per heavy atom. The van der Waals surface area contributed by atoms with Crippen LogP contribution in [0.1, 0.15) is 12.7 Å². The summed E-state index contributed by atoms with van der Waals surface area (Å²) in [6.45, 7) is 4.93. The lowest BCUT2D eigenvalue weighted by atomic mass is 10.2. The number of rotatable bonds is 2. The van der Waals surface area contributed by atoms with Crippen LogP contribution in [-0.4, -0.2) is 16.7 Å². The van der Waals surface area contributed by atoms with Crippen molar-refractivity contribution in [2.24, 2.45) is 0 Å². The summed E-state index contributed by atoms with van der Waals surface area (Å²) in [7, 11) is 1.63. The molecule has 2 rings (SSSR count). The molecule has 4 heteroatoms. The SMILES string of the molecule is CCn1c(C)nc2ccc(N)c(OC)c21. The number of imidazole rings is 1. The van der Waals surface area contributed by atoms with E-state index in [4.69, 9.17) is 10.5 Å². The first kappa shape index (κ1) is 9.83. The lowest BCUT2D eigenvalue weighted by Crippen LogP contribution is -2.00. The van der Waals surface area contributed by atoms with E-state index in [-0.39, 0.29) is 0 Å². The van der Waals surface area contributed by atoms with E-state index in [1.807, 2.05) is 19.1 Å². The van der Waals surface area contributed by atoms with Crippen molar-refractivity contribution >= 4 is 16.7 Å². The highest BCUT2D eigenvalue weighted by Gasteiger charge is 2.13. The Bertz CT molecular complexity index is 502. The van der Waals surface area contributed by atoms with Gasteiger partial charge < -0.3 is 15.0 Å². The summed E-state index contributed by atoms with van der Waals surface area (Å²) in [4.78, 5) is 4.46. The molecule has 0 aliphatic carbocycles. The molecule has 0 bridgehead atoms. The number of anilines is 1. The van der Waals surface area contributed by atoms with Crippen LogP contribution >= 0.6 is 0 Å². The van der Waals surface area contributed by atoms with Crippen molar-refractivity contribution in [3.05, 3.63) is 18.0 Å². The van der Waals surface area contributed by atoms with Crippen molar-refractivity contribution < 1.29 is 4.74 Å². The Morgan fingerprint density at radius 2 is 2.20 bits per heavy atom. The molecule has 2 aromatic rings. The van der Waals surface area contributed by atoms with E-state index in [1.165, 1.54) is 0 Å². The maximum Gasteiger partial charge on any atom is 0.167 e. The Labute approximate surface area is 88.7 Å². The minimum absolute atomic E-state index is 0.652. The molecule has 0 saturated heterocycles. The molecular weight excluding hydrogens is 190 g/mol. The van der Waals surface area contributed by atoms with Gasteiger partial charge in [0.2, 0.25) is 0 Å². The van der Waals surface area contributed by atoms with Crippen LogP contribution in [0.2, 0.25) is 0 Å². The van der Waals surface area contributed by atoms with Gasteiger partial charge >= 0.3 is 0 Å². The number of ether oxygens (including phenoxy) is 1. The van der Waals surface area contributed by atoms with Gasteiger partial charge in [-0.25, -0.2) is 4.98 Å². The minimum atomic E-state index is 0.652. The van der Waals surface area contributed by atoms with Gasteiger partial charge in [0.15, 0.2) is 5.75 Å². The van der Waals surface area contributed by atoms with Crippen molar-refractivity contribution in [3.63, 3.8) is 0 Å². The Kier molecular flexibility index (Phi) is 2.26. The molecule has 0 aliphatic rings. The van der Waals surface area contributed by atoms with Gasteiger partial charge in [-0.15, -0.1) is 0 Å². The van der Waals surface area contributed by atoms with Crippen LogP contribution in [0.5, 0.6) is 5.75 Å². The lowest BCUT2D eigenvalue weighted by molar-refractivity contribution is 0.419. The van der Waals surface area contributed by atoms with Gasteiger partial charge in [-0.2, -0.15) is 0 Å². The summed E-state index contributed by atoms with van der Waals surface area (Å²) in [6, 6.07) is 3.75. The number of aryl methyl sites for hydroxylation is 2. The van der Waals surface area contributed by atoms with Gasteiger partial charge in [-0.05, 0) is 26.0 Å². The molecule has 4 nitrogen and oxygen atoms in total. The van der Waals surface area contributed by atoms with Crippen LogP contribution in [0.15, 0.2) is 12.1 Å². The summed E-state index contributed by atoms with van der Waals surface area (Å²) in [5.74, 6) is 1.70. The highest BCUT2D eigenvalue weighted by molar-refractivity contribution is 5.88. The zero-order chi connectivity index (χ0) is 11.0. The van der Waals surface area contributed by atoms with Gasteiger partial charge in [-0.1, -0.05) is 0 Å². The summed E-state index contributed by atoms with van der Waals surface area (Å²) in [5, 5.41) is 0. The summed E-state index contributed by atoms with van der Waals surface area (Å²) in [6.07, 6.45) is 0. The van der Waals surface area contributed by atoms with Crippen LogP contribution in [0.25, 0.3) is 11.0 Å². The third-order valence-electron chi connectivity index (χ3n) is 2.60. The van der Waals surface area contributed by atoms with E-state index in [1.54, 1.807) is 7.11 Å². The largest absolute Gasteiger partial charge is 0.492 e. The fourth-order valence-electron chi connectivity index (χ4n) is 1.93. The molecule has 80 valence electrons. The number of benzene rings is 1. The van der Waals surface area contributed by atoms with Crippen LogP contribution in [0, 0.1) is 6.92 Å². The molecule has 2 N–H and O–H groups in total. The van der Waals surface area contributed by atoms with Crippen molar-refractivity contribution in [1.29, 1.82) is 0 Å². The first-order chi connectivity index (χ1) is 7.19. The van der Waals surface area contributed by atoms with E-state index < -0.39 is 0 Å². The minimum Gasteiger partial charge on any atom is -0.492 e. The molecule has 0 atom stereocenters. The van der Waals surface area contributed by atoms with Crippen LogP contribution < -0.4 is 10.5 Å². The second kappa shape index (κ2) is 3.46. The number of methoxy groups -OCH3 is 1. The van der Waals surface area contributed by atoms with Crippen molar-refractivity contribution in [2.45, 2.75) is 20.4 Å². The Hall–Kier alpha value is -1.71. The smallest absolute Gasteiger partial charge is 0.167 e. The molecule has 0 fully saturated rings. The van der Waals surface area contributed by atoms with E-state index in [0.717, 1.165) is 29.2 Å². The zero-order valence-corrected chi connectivity index (χ0v) is 9.24. The van der Waals surface area contributed by atoms with Crippen LogP contribution in [0.3, 0.4) is 0 Å². The van der Waals surface area contributed by atoms with E-state index in [9.17, 15) is 0 Å². The molecule has 1 aromatic carbocycles. The summed E-state index contributed by atoms with van der Waals surface area (Å²) >= 11 is 0. The molecule has 15 heavy (non-hydrogen) atoms. The molecule has 1 heterocycles. The van der Waals surface area contributed by atoms with Crippen LogP contribution in [0.4, 0.5) is 5.69 Å². The average molecular weight is 205 g/mol. The second-order valence-corrected chi connectivity index (χ2v) is 3.46. The standard InChI is InChI=1S/C11H15N3O/c1-4-14-7(2)13-9-6-5-8(12)11(15-3)10(9)14/h5-6H,4,12H2,1-3H3. The molecule has 0 radical (unpaired) electrons. The molecule has 0 unspecified atom stereocenters. The number of hydrogen-bond donors (Lipinski definition) is 1. The van der Waals surface area contributed by atoms with E-state index >= 15 is 0 Å². The average Bonchev–Trinajstić information content (AvgIpc) is 2.54. The second-order valence-electron chi connectivity index (χ2n) is 3.46. The fraction of sp³-hybridized carbons (Fsp3) is 0.364. The molecule has 1 aromatic heterocycles. The van der Waals surface area contributed by atoms with Gasteiger partial charge in [0.25, 0.3) is 0 Å². The quantitative estimate of drug-likeness (QED) is 0.762. The highest BCUT2D eigenvalue weighted by atomic mass is 16.5. The number of nitrogens with zero attached hydrogens (tertiary/aromatic N) is 2. The number of nitrogens with two attached hydrogens (primary N) is 1. The predicted octanol–water partition coefficient (Wildman–Crippen LogP) is 1.96. The topological polar surface area (TPSA) is 53.1 Å². The van der Waals surface area contributed by atoms with Crippen LogP contribution in [-0.2, 0) is 6.54 Å². The normalized spacial score (nSPS) is 10.9. The lowest BCUT2D eigenvalue weighted by Gasteiger charge is -2.08. The third-order valence-corrected chi connectivity index (χ3v) is 2.60. The van der Waals surface area contributed by atoms with Gasteiger partial charge in [0, 0.05) is 6.54 Å². The molecule has 0 spiro atoms. The van der Waals surface area contributed by atoms with E-state index in [0.29, 0.717) is 5.69 Å². The first-order valence-corrected chi connectivity index (χ1v) is 4.98. The zero-order valence-electron chi connectivity index (χ0n) is 9.24. The Balaban J connectivity index is 2.87. The van der Waals surface area contributed by atoms with Gasteiger partial charge in [0.1, 0.15) is 11.3 Å². The van der Waals surface area contributed by atoms with Crippen molar-refractivity contribution in [2.75, 3.05) is 12.8 Å². The number of aromatic nitrogens is 2. The summed E-state index contributed by atoms with van der Waals surface area (Å²) in [5.41, 5.74) is 8.43. The predicted molar refractivity (Wildman–Crippen MR) is 61.1 cm³/mol. The van der Waals surface area contributed by atoms with Crippen molar-refractivity contribution in [3.8, 4) is 5.75 Å². The maximum absolute atomic E-state index is 5.86. The maximum atomic E-state index is 5.86. The molecule has 0 saturated carbocycles.